The van der Waals surface area contributed by atoms with Crippen molar-refractivity contribution in [3.8, 4) is 0 Å². The van der Waals surface area contributed by atoms with Gasteiger partial charge in [0.05, 0.1) is 12.2 Å². The van der Waals surface area contributed by atoms with Gasteiger partial charge in [-0.2, -0.15) is 0 Å². The first kappa shape index (κ1) is 29.9. The van der Waals surface area contributed by atoms with Crippen LogP contribution in [0.1, 0.15) is 93.4 Å². The van der Waals surface area contributed by atoms with E-state index in [0.29, 0.717) is 17.9 Å². The molecule has 4 heteroatoms. The van der Waals surface area contributed by atoms with Crippen LogP contribution in [-0.2, 0) is 8.85 Å². The van der Waals surface area contributed by atoms with Crippen LogP contribution in [0.15, 0.2) is 24.8 Å². The molecule has 0 unspecified atom stereocenters. The second-order valence-electron chi connectivity index (χ2n) is 13.2. The van der Waals surface area contributed by atoms with Crippen molar-refractivity contribution in [1.29, 1.82) is 0 Å². The molecule has 0 bridgehead atoms. The lowest BCUT2D eigenvalue weighted by atomic mass is 9.91. The van der Waals surface area contributed by atoms with Gasteiger partial charge in [-0.15, -0.1) is 6.58 Å². The fraction of sp³-hybridized carbons (Fsp3) is 0.857. The second kappa shape index (κ2) is 12.0. The second-order valence-corrected chi connectivity index (χ2v) is 22.7. The molecule has 0 aromatic heterocycles. The molecule has 2 nitrogen and oxygen atoms in total. The maximum atomic E-state index is 6.96. The molecule has 4 atom stereocenters. The molecular weight excluding hydrogens is 424 g/mol. The smallest absolute Gasteiger partial charge is 0.192 e. The van der Waals surface area contributed by atoms with E-state index in [0.717, 1.165) is 12.8 Å². The molecule has 0 saturated heterocycles. The molecule has 0 N–H and O–H groups in total. The Morgan fingerprint density at radius 2 is 1.53 bits per heavy atom. The Bertz CT molecular complexity index is 596. The summed E-state index contributed by atoms with van der Waals surface area (Å²) < 4.78 is 13.9. The highest BCUT2D eigenvalue weighted by Crippen LogP contribution is 2.44. The molecule has 1 fully saturated rings. The van der Waals surface area contributed by atoms with Gasteiger partial charge in [0.25, 0.3) is 0 Å². The summed E-state index contributed by atoms with van der Waals surface area (Å²) in [4.78, 5) is 0. The van der Waals surface area contributed by atoms with E-state index in [1.807, 2.05) is 0 Å². The molecule has 1 rings (SSSR count). The highest BCUT2D eigenvalue weighted by atomic mass is 28.4. The van der Waals surface area contributed by atoms with Gasteiger partial charge in [0.2, 0.25) is 0 Å². The summed E-state index contributed by atoms with van der Waals surface area (Å²) in [5, 5.41) is 0.475. The third kappa shape index (κ3) is 8.56. The van der Waals surface area contributed by atoms with Crippen LogP contribution in [0, 0.1) is 11.8 Å². The van der Waals surface area contributed by atoms with E-state index in [1.54, 1.807) is 0 Å². The largest absolute Gasteiger partial charge is 0.413 e. The van der Waals surface area contributed by atoms with Crippen molar-refractivity contribution in [2.24, 2.45) is 11.8 Å². The Morgan fingerprint density at radius 3 is 2.03 bits per heavy atom. The molecule has 1 aliphatic rings. The zero-order valence-electron chi connectivity index (χ0n) is 23.5. The SMILES string of the molecule is C=CC[C@H]1CC[C@@H](O[Si](C)(C)C(C)(C)C)[C@H]1C=C[C@H](CCCCC)O[Si](C)(C)C(C)(C)C. The fourth-order valence-electron chi connectivity index (χ4n) is 4.13. The Morgan fingerprint density at radius 1 is 0.938 bits per heavy atom. The minimum absolute atomic E-state index is 0.223. The van der Waals surface area contributed by atoms with Crippen molar-refractivity contribution in [1.82, 2.24) is 0 Å². The van der Waals surface area contributed by atoms with Crippen molar-refractivity contribution in [3.05, 3.63) is 24.8 Å². The van der Waals surface area contributed by atoms with Crippen LogP contribution in [0.5, 0.6) is 0 Å². The summed E-state index contributed by atoms with van der Waals surface area (Å²) in [6.45, 7) is 29.9. The average Bonchev–Trinajstić information content (AvgIpc) is 2.98. The predicted octanol–water partition coefficient (Wildman–Crippen LogP) is 9.51. The highest BCUT2D eigenvalue weighted by Gasteiger charge is 2.44. The summed E-state index contributed by atoms with van der Waals surface area (Å²) in [5.41, 5.74) is 0. The van der Waals surface area contributed by atoms with Gasteiger partial charge >= 0.3 is 0 Å². The monoisotopic (exact) mass is 480 g/mol. The Balaban J connectivity index is 3.10. The van der Waals surface area contributed by atoms with Crippen LogP contribution in [0.25, 0.3) is 0 Å². The number of hydrogen-bond donors (Lipinski definition) is 0. The Kier molecular flexibility index (Phi) is 11.2. The van der Waals surface area contributed by atoms with Crippen LogP contribution in [0.2, 0.25) is 36.3 Å². The molecular formula is C28H56O2Si2. The molecule has 0 aromatic rings. The number of unbranched alkanes of at least 4 members (excludes halogenated alkanes) is 2. The van der Waals surface area contributed by atoms with Crippen LogP contribution >= 0.6 is 0 Å². The van der Waals surface area contributed by atoms with Gasteiger partial charge in [0.15, 0.2) is 16.6 Å². The minimum atomic E-state index is -1.81. The van der Waals surface area contributed by atoms with Crippen LogP contribution in [0.4, 0.5) is 0 Å². The first-order valence-corrected chi connectivity index (χ1v) is 19.0. The van der Waals surface area contributed by atoms with E-state index in [-0.39, 0.29) is 16.2 Å². The lowest BCUT2D eigenvalue weighted by Gasteiger charge is -2.40. The van der Waals surface area contributed by atoms with Crippen molar-refractivity contribution in [2.75, 3.05) is 0 Å². The van der Waals surface area contributed by atoms with Gasteiger partial charge in [0.1, 0.15) is 0 Å². The van der Waals surface area contributed by atoms with Gasteiger partial charge in [-0.1, -0.05) is 86.0 Å². The first-order chi connectivity index (χ1) is 14.6. The molecule has 188 valence electrons. The van der Waals surface area contributed by atoms with Gasteiger partial charge in [0, 0.05) is 5.92 Å². The molecule has 0 radical (unpaired) electrons. The van der Waals surface area contributed by atoms with E-state index in [4.69, 9.17) is 8.85 Å². The molecule has 0 aromatic carbocycles. The summed E-state index contributed by atoms with van der Waals surface area (Å²) >= 11 is 0. The Hall–Kier alpha value is -0.166. The Labute approximate surface area is 203 Å². The zero-order valence-corrected chi connectivity index (χ0v) is 25.5. The number of rotatable bonds is 12. The van der Waals surface area contributed by atoms with Crippen molar-refractivity contribution in [3.63, 3.8) is 0 Å². The van der Waals surface area contributed by atoms with Gasteiger partial charge in [-0.05, 0) is 67.9 Å². The van der Waals surface area contributed by atoms with Crippen LogP contribution < -0.4 is 0 Å². The van der Waals surface area contributed by atoms with Crippen LogP contribution in [-0.4, -0.2) is 28.8 Å². The lowest BCUT2D eigenvalue weighted by Crippen LogP contribution is -2.45. The molecule has 0 spiro atoms. The maximum absolute atomic E-state index is 6.96. The maximum Gasteiger partial charge on any atom is 0.192 e. The topological polar surface area (TPSA) is 18.5 Å². The standard InChI is InChI=1S/C28H56O2Si2/c1-13-15-16-18-24(29-31(9,10)27(3,4)5)20-21-25-23(17-14-2)19-22-26(25)30-32(11,12)28(6,7)8/h14,20-21,23-26H,2,13,15-19,22H2,1,3-12H3/t23-,24-,25-,26+/m0/s1. The normalized spacial score (nSPS) is 24.3. The average molecular weight is 481 g/mol. The summed E-state index contributed by atoms with van der Waals surface area (Å²) in [6, 6.07) is 0. The summed E-state index contributed by atoms with van der Waals surface area (Å²) in [5.74, 6) is 1.11. The molecule has 1 aliphatic carbocycles. The van der Waals surface area contributed by atoms with Crippen molar-refractivity contribution >= 4 is 16.6 Å². The third-order valence-electron chi connectivity index (χ3n) is 8.41. The molecule has 32 heavy (non-hydrogen) atoms. The predicted molar refractivity (Wildman–Crippen MR) is 148 cm³/mol. The van der Waals surface area contributed by atoms with E-state index in [1.165, 1.54) is 32.1 Å². The van der Waals surface area contributed by atoms with Gasteiger partial charge in [-0.25, -0.2) is 0 Å². The van der Waals surface area contributed by atoms with Gasteiger partial charge < -0.3 is 8.85 Å². The fourth-order valence-corrected chi connectivity index (χ4v) is 6.82. The van der Waals surface area contributed by atoms with E-state index in [9.17, 15) is 0 Å². The zero-order chi connectivity index (χ0) is 24.8. The van der Waals surface area contributed by atoms with E-state index >= 15 is 0 Å². The van der Waals surface area contributed by atoms with Gasteiger partial charge in [-0.3, -0.25) is 0 Å². The first-order valence-electron chi connectivity index (χ1n) is 13.2. The molecule has 1 saturated carbocycles. The van der Waals surface area contributed by atoms with Crippen LogP contribution in [0.3, 0.4) is 0 Å². The number of allylic oxidation sites excluding steroid dienone is 1. The highest BCUT2D eigenvalue weighted by molar-refractivity contribution is 6.74. The van der Waals surface area contributed by atoms with E-state index in [2.05, 4.69) is 99.5 Å². The number of hydrogen-bond acceptors (Lipinski definition) is 2. The van der Waals surface area contributed by atoms with Crippen molar-refractivity contribution < 1.29 is 8.85 Å². The third-order valence-corrected chi connectivity index (χ3v) is 17.4. The molecule has 0 heterocycles. The quantitative estimate of drug-likeness (QED) is 0.157. The summed E-state index contributed by atoms with van der Waals surface area (Å²) in [6.07, 6.45) is 16.0. The minimum Gasteiger partial charge on any atom is -0.413 e. The summed E-state index contributed by atoms with van der Waals surface area (Å²) in [7, 11) is -3.60. The lowest BCUT2D eigenvalue weighted by molar-refractivity contribution is 0.148. The van der Waals surface area contributed by atoms with E-state index < -0.39 is 16.6 Å². The molecule has 0 amide bonds. The van der Waals surface area contributed by atoms with Crippen molar-refractivity contribution in [2.45, 2.75) is 142 Å². The molecule has 0 aliphatic heterocycles.